The summed E-state index contributed by atoms with van der Waals surface area (Å²) in [6.07, 6.45) is 0.0795. The van der Waals surface area contributed by atoms with Crippen LogP contribution < -0.4 is 37.6 Å². The molecule has 0 aliphatic heterocycles. The van der Waals surface area contributed by atoms with Crippen LogP contribution in [0.1, 0.15) is 73.3 Å². The largest absolute Gasteiger partial charge is 0.481 e. The lowest BCUT2D eigenvalue weighted by atomic mass is 9.94. The van der Waals surface area contributed by atoms with Gasteiger partial charge in [-0.25, -0.2) is 0 Å². The topological polar surface area (TPSA) is 255 Å². The number of carboxylic acids is 1. The molecule has 0 radical (unpaired) electrons. The van der Waals surface area contributed by atoms with Gasteiger partial charge in [-0.05, 0) is 23.3 Å². The minimum absolute atomic E-state index is 0.0770. The Balaban J connectivity index is 3.40. The number of amides is 7. The van der Waals surface area contributed by atoms with Gasteiger partial charge in [0.05, 0.1) is 6.42 Å². The molecule has 0 heterocycles. The molecule has 0 fully saturated rings. The number of primary amides is 1. The fourth-order valence-electron chi connectivity index (χ4n) is 5.10. The van der Waals surface area contributed by atoms with Gasteiger partial charge in [-0.15, -0.1) is 0 Å². The number of aliphatic carboxylic acids is 1. The molecule has 1 rings (SSSR count). The summed E-state index contributed by atoms with van der Waals surface area (Å²) in [4.78, 5) is 103. The fourth-order valence-corrected chi connectivity index (χ4v) is 5.37. The van der Waals surface area contributed by atoms with E-state index < -0.39 is 102 Å². The predicted molar refractivity (Wildman–Crippen MR) is 196 cm³/mol. The Morgan fingerprint density at radius 2 is 1.10 bits per heavy atom. The highest BCUT2D eigenvalue weighted by atomic mass is 32.1. The second-order valence-electron chi connectivity index (χ2n) is 13.2. The van der Waals surface area contributed by atoms with E-state index in [-0.39, 0.29) is 18.1 Å². The summed E-state index contributed by atoms with van der Waals surface area (Å²) in [7, 11) is 0. The molecule has 0 bridgehead atoms. The summed E-state index contributed by atoms with van der Waals surface area (Å²) in [5, 5.41) is 24.9. The van der Waals surface area contributed by atoms with Crippen molar-refractivity contribution in [1.82, 2.24) is 31.9 Å². The smallest absolute Gasteiger partial charge is 0.305 e. The first kappa shape index (κ1) is 45.4. The molecular formula is C35H55N7O9S. The van der Waals surface area contributed by atoms with E-state index in [1.807, 2.05) is 6.92 Å². The van der Waals surface area contributed by atoms with Crippen molar-refractivity contribution >= 4 is 59.9 Å². The predicted octanol–water partition coefficient (Wildman–Crippen LogP) is -0.204. The highest BCUT2D eigenvalue weighted by Crippen LogP contribution is 2.14. The lowest BCUT2D eigenvalue weighted by molar-refractivity contribution is -0.141. The van der Waals surface area contributed by atoms with Crippen molar-refractivity contribution in [1.29, 1.82) is 0 Å². The summed E-state index contributed by atoms with van der Waals surface area (Å²) in [6.45, 7) is 11.9. The van der Waals surface area contributed by atoms with Crippen LogP contribution in [0.15, 0.2) is 30.3 Å². The highest BCUT2D eigenvalue weighted by molar-refractivity contribution is 7.80. The van der Waals surface area contributed by atoms with Gasteiger partial charge in [0.25, 0.3) is 0 Å². The van der Waals surface area contributed by atoms with Crippen molar-refractivity contribution < 1.29 is 43.5 Å². The standard InChI is InChI=1S/C35H55N7O9S/c1-8-19(5)28(37-21(7)43)35(51)41-27(18(3)4)33(49)42-29(20(6)9-2)34(50)39-23(15-22-13-11-10-12-14-22)31(47)38-24(16-26(44)45)32(48)40-25(17-52)30(36)46/h10-14,18-20,23-25,27-29,52H,8-9,15-17H2,1-7H3,(H2,36,46)(H,37,43)(H,38,47)(H,39,50)(H,40,48)(H,41,51)(H,42,49)(H,44,45)/t19-,20-,23-,24-,25-,27-,28-,29-/m0/s1. The Morgan fingerprint density at radius 1 is 0.654 bits per heavy atom. The highest BCUT2D eigenvalue weighted by Gasteiger charge is 2.36. The average molecular weight is 750 g/mol. The molecule has 0 aliphatic rings. The molecular weight excluding hydrogens is 694 g/mol. The van der Waals surface area contributed by atoms with E-state index in [1.165, 1.54) is 6.92 Å². The average Bonchev–Trinajstić information content (AvgIpc) is 3.08. The molecule has 17 heteroatoms. The monoisotopic (exact) mass is 749 g/mol. The van der Waals surface area contributed by atoms with Crippen molar-refractivity contribution in [3.05, 3.63) is 35.9 Å². The first-order chi connectivity index (χ1) is 24.4. The Kier molecular flexibility index (Phi) is 19.5. The Labute approximate surface area is 310 Å². The number of carbonyl (C=O) groups is 8. The second kappa shape index (κ2) is 22.3. The maximum atomic E-state index is 13.9. The molecule has 0 aromatic heterocycles. The number of nitrogens with two attached hydrogens (primary N) is 1. The van der Waals surface area contributed by atoms with Gasteiger partial charge >= 0.3 is 5.97 Å². The lowest BCUT2D eigenvalue weighted by Crippen LogP contribution is -2.62. The summed E-state index contributed by atoms with van der Waals surface area (Å²) < 4.78 is 0. The zero-order valence-corrected chi connectivity index (χ0v) is 31.8. The summed E-state index contributed by atoms with van der Waals surface area (Å²) in [6, 6.07) is 1.17. The molecule has 1 aromatic carbocycles. The van der Waals surface area contributed by atoms with Crippen LogP contribution in [0.4, 0.5) is 0 Å². The quantitative estimate of drug-likeness (QED) is 0.0711. The first-order valence-electron chi connectivity index (χ1n) is 17.3. The van der Waals surface area contributed by atoms with E-state index in [1.54, 1.807) is 65.0 Å². The normalized spacial score (nSPS) is 15.6. The second-order valence-corrected chi connectivity index (χ2v) is 13.6. The van der Waals surface area contributed by atoms with Crippen LogP contribution in [0.25, 0.3) is 0 Å². The number of benzene rings is 1. The van der Waals surface area contributed by atoms with E-state index in [0.717, 1.165) is 0 Å². The molecule has 290 valence electrons. The van der Waals surface area contributed by atoms with Crippen molar-refractivity contribution in [3.63, 3.8) is 0 Å². The molecule has 16 nitrogen and oxygen atoms in total. The Hall–Kier alpha value is -4.67. The third kappa shape index (κ3) is 14.9. The van der Waals surface area contributed by atoms with Gasteiger partial charge in [0.1, 0.15) is 36.3 Å². The van der Waals surface area contributed by atoms with Gasteiger partial charge in [-0.2, -0.15) is 12.6 Å². The van der Waals surface area contributed by atoms with E-state index in [0.29, 0.717) is 18.4 Å². The number of hydrogen-bond donors (Lipinski definition) is 9. The molecule has 0 spiro atoms. The molecule has 1 aromatic rings. The van der Waals surface area contributed by atoms with Crippen LogP contribution in [0.3, 0.4) is 0 Å². The summed E-state index contributed by atoms with van der Waals surface area (Å²) in [5.74, 6) is -7.93. The number of rotatable bonds is 22. The molecule has 0 saturated carbocycles. The van der Waals surface area contributed by atoms with Gasteiger partial charge in [0.15, 0.2) is 0 Å². The summed E-state index contributed by atoms with van der Waals surface area (Å²) in [5.41, 5.74) is 5.89. The van der Waals surface area contributed by atoms with Crippen LogP contribution in [-0.2, 0) is 44.8 Å². The van der Waals surface area contributed by atoms with E-state index >= 15 is 0 Å². The van der Waals surface area contributed by atoms with Gasteiger partial charge in [0, 0.05) is 19.1 Å². The van der Waals surface area contributed by atoms with Crippen LogP contribution in [0.2, 0.25) is 0 Å². The Morgan fingerprint density at radius 3 is 1.56 bits per heavy atom. The van der Waals surface area contributed by atoms with E-state index in [4.69, 9.17) is 5.73 Å². The molecule has 7 amide bonds. The molecule has 0 saturated heterocycles. The maximum absolute atomic E-state index is 13.9. The molecule has 9 N–H and O–H groups in total. The van der Waals surface area contributed by atoms with E-state index in [9.17, 15) is 43.5 Å². The first-order valence-corrected chi connectivity index (χ1v) is 17.9. The van der Waals surface area contributed by atoms with Gasteiger partial charge in [-0.3, -0.25) is 38.4 Å². The minimum atomic E-state index is -1.65. The van der Waals surface area contributed by atoms with Gasteiger partial charge in [0.2, 0.25) is 41.4 Å². The number of carbonyl (C=O) groups excluding carboxylic acids is 7. The number of nitrogens with one attached hydrogen (secondary N) is 6. The molecule has 0 aliphatic carbocycles. The maximum Gasteiger partial charge on any atom is 0.305 e. The number of carboxylic acid groups (broad SMARTS) is 1. The lowest BCUT2D eigenvalue weighted by Gasteiger charge is -2.31. The SMILES string of the molecule is CC[C@H](C)[C@H](NC(C)=O)C(=O)N[C@H](C(=O)N[C@H](C(=O)N[C@@H](Cc1ccccc1)C(=O)N[C@@H](CC(=O)O)C(=O)N[C@@H](CS)C(N)=O)[C@@H](C)CC)C(C)C. The zero-order chi connectivity index (χ0) is 39.7. The molecule has 8 atom stereocenters. The molecule has 52 heavy (non-hydrogen) atoms. The molecule has 0 unspecified atom stereocenters. The van der Waals surface area contributed by atoms with Crippen LogP contribution in [0.5, 0.6) is 0 Å². The van der Waals surface area contributed by atoms with Crippen LogP contribution >= 0.6 is 12.6 Å². The van der Waals surface area contributed by atoms with E-state index in [2.05, 4.69) is 44.5 Å². The fraction of sp³-hybridized carbons (Fsp3) is 0.600. The Bertz CT molecular complexity index is 1410. The van der Waals surface area contributed by atoms with Crippen molar-refractivity contribution in [2.75, 3.05) is 5.75 Å². The van der Waals surface area contributed by atoms with Crippen molar-refractivity contribution in [2.24, 2.45) is 23.5 Å². The third-order valence-corrected chi connectivity index (χ3v) is 9.03. The number of thiol groups is 1. The van der Waals surface area contributed by atoms with Crippen LogP contribution in [0, 0.1) is 17.8 Å². The van der Waals surface area contributed by atoms with Crippen molar-refractivity contribution in [2.45, 2.75) is 110 Å². The van der Waals surface area contributed by atoms with Gasteiger partial charge in [-0.1, -0.05) is 84.7 Å². The number of hydrogen-bond acceptors (Lipinski definition) is 9. The van der Waals surface area contributed by atoms with Gasteiger partial charge < -0.3 is 42.7 Å². The van der Waals surface area contributed by atoms with Crippen molar-refractivity contribution in [3.8, 4) is 0 Å². The third-order valence-electron chi connectivity index (χ3n) is 8.66. The zero-order valence-electron chi connectivity index (χ0n) is 30.9. The summed E-state index contributed by atoms with van der Waals surface area (Å²) >= 11 is 3.97. The van der Waals surface area contributed by atoms with Crippen LogP contribution in [-0.4, -0.2) is 94.4 Å². The minimum Gasteiger partial charge on any atom is -0.481 e.